The number of aromatic nitrogens is 4. The molecule has 7 rings (SSSR count). The van der Waals surface area contributed by atoms with Crippen LogP contribution in [0, 0.1) is 11.8 Å². The molecule has 4 aromatic rings. The molecule has 4 N–H and O–H groups in total. The van der Waals surface area contributed by atoms with Crippen LogP contribution in [0.1, 0.15) is 90.0 Å². The van der Waals surface area contributed by atoms with Crippen molar-refractivity contribution in [3.63, 3.8) is 0 Å². The number of hydrogen-bond acceptors (Lipinski definition) is 9. The van der Waals surface area contributed by atoms with E-state index in [-0.39, 0.29) is 47.8 Å². The molecule has 5 heterocycles. The Kier molecular flexibility index (Phi) is 13.6. The SMILES string of the molecule is COC(=O)N[C@H](C(=O)N1[C@@H](C)CC[C@H]1c1nc(-c2ccc(-c3ccc(-c4nc([C@@H]5CC[C@H](C)N5C(=O)[C@@H](NC(=O)OC)C5CCOCC5)[nH]c4Cl)cc3)cc2)c(Cl)[nH]1)C(C)C. The Hall–Kier alpha value is -5.12. The second-order valence-electron chi connectivity index (χ2n) is 16.5. The number of halogens is 2. The Balaban J connectivity index is 1.05. The first kappa shape index (κ1) is 44.0. The highest BCUT2D eigenvalue weighted by atomic mass is 35.5. The number of H-pyrrole nitrogens is 2. The standard InChI is InChI=1S/C44H54Cl2N8O7/c1-23(2)33(49-43(57)59-5)41(55)53-24(3)7-17-31(53)39-47-34(37(45)51-39)28-13-9-26(10-14-28)27-11-15-29(16-12-27)35-38(46)52-40(48-35)32-18-8-25(4)54(32)42(56)36(50-44(58)60-6)30-19-21-61-22-20-30/h9-16,23-25,30-33,36H,7-8,17-22H2,1-6H3,(H,47,51)(H,48,52)(H,49,57)(H,50,58)/t24-,25-,31-,32-,33-,36-/m0/s1. The predicted octanol–water partition coefficient (Wildman–Crippen LogP) is 8.08. The van der Waals surface area contributed by atoms with Crippen molar-refractivity contribution in [3.8, 4) is 33.6 Å². The number of nitrogens with zero attached hydrogens (tertiary/aromatic N) is 4. The quantitative estimate of drug-likeness (QED) is 0.116. The van der Waals surface area contributed by atoms with E-state index in [2.05, 4.69) is 20.6 Å². The number of ether oxygens (including phenoxy) is 3. The Labute approximate surface area is 365 Å². The van der Waals surface area contributed by atoms with Gasteiger partial charge in [-0.1, -0.05) is 85.6 Å². The van der Waals surface area contributed by atoms with Gasteiger partial charge in [0.15, 0.2) is 0 Å². The number of imidazole rings is 2. The first-order chi connectivity index (χ1) is 29.3. The van der Waals surface area contributed by atoms with Crippen LogP contribution in [-0.4, -0.2) is 105 Å². The summed E-state index contributed by atoms with van der Waals surface area (Å²) in [6, 6.07) is 13.6. The van der Waals surface area contributed by atoms with Crippen LogP contribution in [0.3, 0.4) is 0 Å². The second-order valence-corrected chi connectivity index (χ2v) is 17.3. The number of amides is 4. The van der Waals surface area contributed by atoms with Crippen molar-refractivity contribution in [1.29, 1.82) is 0 Å². The topological polar surface area (TPSA) is 184 Å². The molecule has 0 bridgehead atoms. The molecule has 0 aliphatic carbocycles. The monoisotopic (exact) mass is 876 g/mol. The van der Waals surface area contributed by atoms with Crippen molar-refractivity contribution in [1.82, 2.24) is 40.4 Å². The molecule has 326 valence electrons. The summed E-state index contributed by atoms with van der Waals surface area (Å²) in [7, 11) is 2.57. The maximum Gasteiger partial charge on any atom is 0.407 e. The van der Waals surface area contributed by atoms with E-state index in [1.54, 1.807) is 4.90 Å². The summed E-state index contributed by atoms with van der Waals surface area (Å²) in [5.41, 5.74) is 4.74. The summed E-state index contributed by atoms with van der Waals surface area (Å²) in [6.45, 7) is 8.84. The number of benzene rings is 2. The number of nitrogens with one attached hydrogen (secondary N) is 4. The minimum Gasteiger partial charge on any atom is -0.453 e. The molecular formula is C44H54Cl2N8O7. The third-order valence-electron chi connectivity index (χ3n) is 12.3. The van der Waals surface area contributed by atoms with Gasteiger partial charge in [-0.3, -0.25) is 9.59 Å². The normalized spacial score (nSPS) is 21.7. The molecule has 2 aromatic carbocycles. The summed E-state index contributed by atoms with van der Waals surface area (Å²) in [4.78, 5) is 72.4. The second kappa shape index (κ2) is 18.9. The highest BCUT2D eigenvalue weighted by molar-refractivity contribution is 6.32. The van der Waals surface area contributed by atoms with Crippen LogP contribution in [0.25, 0.3) is 33.6 Å². The van der Waals surface area contributed by atoms with E-state index < -0.39 is 24.3 Å². The van der Waals surface area contributed by atoms with E-state index in [0.717, 1.165) is 35.1 Å². The van der Waals surface area contributed by atoms with E-state index in [0.29, 0.717) is 72.2 Å². The molecule has 3 fully saturated rings. The van der Waals surface area contributed by atoms with E-state index >= 15 is 0 Å². The lowest BCUT2D eigenvalue weighted by molar-refractivity contribution is -0.139. The number of carbonyl (C=O) groups is 4. The van der Waals surface area contributed by atoms with Gasteiger partial charge in [0, 0.05) is 36.4 Å². The maximum absolute atomic E-state index is 14.2. The fourth-order valence-corrected chi connectivity index (χ4v) is 9.46. The summed E-state index contributed by atoms with van der Waals surface area (Å²) >= 11 is 13.5. The number of rotatable bonds is 11. The zero-order chi connectivity index (χ0) is 43.5. The molecule has 61 heavy (non-hydrogen) atoms. The molecule has 0 unspecified atom stereocenters. The first-order valence-electron chi connectivity index (χ1n) is 20.9. The van der Waals surface area contributed by atoms with Crippen LogP contribution in [0.2, 0.25) is 10.3 Å². The van der Waals surface area contributed by atoms with Gasteiger partial charge in [-0.15, -0.1) is 0 Å². The van der Waals surface area contributed by atoms with Crippen molar-refractivity contribution in [3.05, 3.63) is 70.5 Å². The van der Waals surface area contributed by atoms with Gasteiger partial charge in [-0.05, 0) is 75.3 Å². The number of hydrogen-bond donors (Lipinski definition) is 4. The van der Waals surface area contributed by atoms with E-state index in [1.807, 2.05) is 81.1 Å². The lowest BCUT2D eigenvalue weighted by atomic mass is 9.90. The van der Waals surface area contributed by atoms with Crippen molar-refractivity contribution in [2.24, 2.45) is 11.8 Å². The highest BCUT2D eigenvalue weighted by Gasteiger charge is 2.44. The molecule has 4 amide bonds. The minimum absolute atomic E-state index is 0.0574. The molecule has 17 heteroatoms. The summed E-state index contributed by atoms with van der Waals surface area (Å²) in [5, 5.41) is 6.26. The van der Waals surface area contributed by atoms with Crippen LogP contribution in [0.5, 0.6) is 0 Å². The third kappa shape index (κ3) is 9.24. The van der Waals surface area contributed by atoms with Gasteiger partial charge in [0.25, 0.3) is 0 Å². The molecular weight excluding hydrogens is 823 g/mol. The molecule has 15 nitrogen and oxygen atoms in total. The molecule has 3 aliphatic heterocycles. The Bertz CT molecular complexity index is 2200. The predicted molar refractivity (Wildman–Crippen MR) is 231 cm³/mol. The zero-order valence-corrected chi connectivity index (χ0v) is 36.8. The van der Waals surface area contributed by atoms with Gasteiger partial charge in [-0.2, -0.15) is 0 Å². The van der Waals surface area contributed by atoms with Gasteiger partial charge in [-0.25, -0.2) is 19.6 Å². The van der Waals surface area contributed by atoms with E-state index in [9.17, 15) is 19.2 Å². The van der Waals surface area contributed by atoms with Crippen molar-refractivity contribution < 1.29 is 33.4 Å². The van der Waals surface area contributed by atoms with Gasteiger partial charge < -0.3 is 44.6 Å². The number of alkyl carbamates (subject to hydrolysis) is 2. The van der Waals surface area contributed by atoms with Gasteiger partial charge in [0.05, 0.1) is 26.3 Å². The lowest BCUT2D eigenvalue weighted by Crippen LogP contribution is -2.54. The third-order valence-corrected chi connectivity index (χ3v) is 12.9. The van der Waals surface area contributed by atoms with Crippen LogP contribution in [0.4, 0.5) is 9.59 Å². The smallest absolute Gasteiger partial charge is 0.407 e. The molecule has 2 aromatic heterocycles. The van der Waals surface area contributed by atoms with Crippen LogP contribution >= 0.6 is 23.2 Å². The summed E-state index contributed by atoms with van der Waals surface area (Å²) in [5.74, 6) is 0.599. The van der Waals surface area contributed by atoms with Gasteiger partial charge in [0.1, 0.15) is 45.4 Å². The Morgan fingerprint density at radius 2 is 1.10 bits per heavy atom. The average Bonchev–Trinajstić information content (AvgIpc) is 4.06. The maximum atomic E-state index is 14.2. The largest absolute Gasteiger partial charge is 0.453 e. The average molecular weight is 878 g/mol. The number of methoxy groups -OCH3 is 2. The van der Waals surface area contributed by atoms with E-state index in [4.69, 9.17) is 47.4 Å². The van der Waals surface area contributed by atoms with Crippen LogP contribution in [0.15, 0.2) is 48.5 Å². The van der Waals surface area contributed by atoms with Crippen molar-refractivity contribution >= 4 is 47.2 Å². The van der Waals surface area contributed by atoms with Gasteiger partial charge >= 0.3 is 12.2 Å². The lowest BCUT2D eigenvalue weighted by Gasteiger charge is -2.36. The molecule has 0 radical (unpaired) electrons. The summed E-state index contributed by atoms with van der Waals surface area (Å²) < 4.78 is 15.2. The fraction of sp³-hybridized carbons (Fsp3) is 0.500. The van der Waals surface area contributed by atoms with Crippen LogP contribution in [-0.2, 0) is 23.8 Å². The molecule has 3 saturated heterocycles. The Morgan fingerprint density at radius 1 is 0.672 bits per heavy atom. The fourth-order valence-electron chi connectivity index (χ4n) is 8.96. The Morgan fingerprint density at radius 3 is 1.54 bits per heavy atom. The first-order valence-corrected chi connectivity index (χ1v) is 21.7. The number of carbonyl (C=O) groups excluding carboxylic acids is 4. The molecule has 0 saturated carbocycles. The van der Waals surface area contributed by atoms with Crippen molar-refractivity contribution in [2.45, 2.75) is 102 Å². The number of aromatic amines is 2. The molecule has 3 aliphatic rings. The molecule has 6 atom stereocenters. The highest BCUT2D eigenvalue weighted by Crippen LogP contribution is 2.41. The van der Waals surface area contributed by atoms with Crippen LogP contribution < -0.4 is 10.6 Å². The summed E-state index contributed by atoms with van der Waals surface area (Å²) in [6.07, 6.45) is 2.98. The molecule has 0 spiro atoms. The zero-order valence-electron chi connectivity index (χ0n) is 35.3. The minimum atomic E-state index is -0.750. The van der Waals surface area contributed by atoms with E-state index in [1.165, 1.54) is 14.2 Å². The number of likely N-dealkylation sites (tertiary alicyclic amines) is 2. The van der Waals surface area contributed by atoms with Gasteiger partial charge in [0.2, 0.25) is 11.8 Å². The van der Waals surface area contributed by atoms with Crippen molar-refractivity contribution in [2.75, 3.05) is 27.4 Å².